The van der Waals surface area contributed by atoms with Crippen molar-refractivity contribution in [1.82, 2.24) is 10.0 Å². The molecular formula is C23H26N4O4S. The lowest BCUT2D eigenvalue weighted by molar-refractivity contribution is -0.117. The number of carbonyl (C=O) groups excluding carboxylic acids is 2. The van der Waals surface area contributed by atoms with E-state index in [0.717, 1.165) is 12.8 Å². The summed E-state index contributed by atoms with van der Waals surface area (Å²) >= 11 is 0. The average molecular weight is 455 g/mol. The Balaban J connectivity index is 1.56. The summed E-state index contributed by atoms with van der Waals surface area (Å²) < 4.78 is 27.2. The second-order valence-corrected chi connectivity index (χ2v) is 10.2. The largest absolute Gasteiger partial charge is 0.349 e. The summed E-state index contributed by atoms with van der Waals surface area (Å²) in [7, 11) is -3.69. The van der Waals surface area contributed by atoms with E-state index in [9.17, 15) is 18.0 Å². The first-order valence-corrected chi connectivity index (χ1v) is 12.1. The Kier molecular flexibility index (Phi) is 6.01. The van der Waals surface area contributed by atoms with Crippen LogP contribution in [0, 0.1) is 5.92 Å². The van der Waals surface area contributed by atoms with Gasteiger partial charge in [-0.05, 0) is 55.5 Å². The normalized spacial score (nSPS) is 18.7. The zero-order valence-electron chi connectivity index (χ0n) is 18.0. The number of nitrogens with zero attached hydrogens (tertiary/aromatic N) is 1. The molecule has 4 rings (SSSR count). The Hall–Kier alpha value is -3.20. The van der Waals surface area contributed by atoms with E-state index < -0.39 is 16.1 Å². The third kappa shape index (κ3) is 4.99. The van der Waals surface area contributed by atoms with Crippen molar-refractivity contribution in [1.29, 1.82) is 0 Å². The molecule has 0 unspecified atom stereocenters. The number of sulfonamides is 1. The maximum absolute atomic E-state index is 13.1. The fraction of sp³-hybridized carbons (Fsp3) is 0.348. The maximum Gasteiger partial charge on any atom is 0.263 e. The average Bonchev–Trinajstić information content (AvgIpc) is 3.52. The molecule has 0 spiro atoms. The number of anilines is 1. The second kappa shape index (κ2) is 8.74. The summed E-state index contributed by atoms with van der Waals surface area (Å²) in [6.07, 6.45) is 2.42. The van der Waals surface area contributed by atoms with E-state index >= 15 is 0 Å². The van der Waals surface area contributed by atoms with E-state index in [0.29, 0.717) is 23.2 Å². The minimum absolute atomic E-state index is 0.150. The minimum Gasteiger partial charge on any atom is -0.349 e. The quantitative estimate of drug-likeness (QED) is 0.596. The molecule has 1 aliphatic carbocycles. The van der Waals surface area contributed by atoms with Gasteiger partial charge in [-0.1, -0.05) is 32.0 Å². The topological polar surface area (TPSA) is 117 Å². The molecule has 1 heterocycles. The predicted molar refractivity (Wildman–Crippen MR) is 122 cm³/mol. The van der Waals surface area contributed by atoms with Crippen LogP contribution in [0.25, 0.3) is 0 Å². The van der Waals surface area contributed by atoms with Crippen LogP contribution >= 0.6 is 0 Å². The summed E-state index contributed by atoms with van der Waals surface area (Å²) in [6.45, 7) is 3.94. The molecule has 0 bridgehead atoms. The molecule has 2 aromatic carbocycles. The molecule has 1 atom stereocenters. The molecule has 0 radical (unpaired) electrons. The standard InChI is InChI=1S/C23H26N4O4S/c1-14(2)12-19(26-21-18-8-3-4-9-20(18)32(30,31)27-21)23(29)25-17-7-5-6-15(13-17)22(28)24-16-10-11-16/h3-9,13-14,16,19H,10-12H2,1-2H3,(H,24,28)(H,25,29)(H,26,27)/t19-/m1/s1. The first-order chi connectivity index (χ1) is 15.2. The monoisotopic (exact) mass is 454 g/mol. The van der Waals surface area contributed by atoms with E-state index in [2.05, 4.69) is 20.3 Å². The third-order valence-corrected chi connectivity index (χ3v) is 6.65. The Labute approximate surface area is 187 Å². The summed E-state index contributed by atoms with van der Waals surface area (Å²) in [4.78, 5) is 30.0. The number of rotatable bonds is 7. The van der Waals surface area contributed by atoms with Crippen LogP contribution in [0.4, 0.5) is 5.69 Å². The Morgan fingerprint density at radius 1 is 1.12 bits per heavy atom. The van der Waals surface area contributed by atoms with Crippen molar-refractivity contribution in [2.45, 2.75) is 50.1 Å². The van der Waals surface area contributed by atoms with Crippen LogP contribution in [-0.4, -0.2) is 38.2 Å². The fourth-order valence-corrected chi connectivity index (χ4v) is 4.75. The van der Waals surface area contributed by atoms with Crippen LogP contribution in [0.1, 0.15) is 49.0 Å². The molecule has 0 aromatic heterocycles. The summed E-state index contributed by atoms with van der Waals surface area (Å²) in [5.74, 6) is -0.216. The minimum atomic E-state index is -3.69. The number of hydrogen-bond donors (Lipinski definition) is 3. The van der Waals surface area contributed by atoms with Gasteiger partial charge >= 0.3 is 0 Å². The van der Waals surface area contributed by atoms with Crippen molar-refractivity contribution in [2.75, 3.05) is 5.32 Å². The highest BCUT2D eigenvalue weighted by molar-refractivity contribution is 7.90. The molecule has 8 nitrogen and oxygen atoms in total. The molecule has 3 N–H and O–H groups in total. The van der Waals surface area contributed by atoms with Crippen molar-refractivity contribution < 1.29 is 18.0 Å². The van der Waals surface area contributed by atoms with Gasteiger partial charge in [0.25, 0.3) is 15.9 Å². The van der Waals surface area contributed by atoms with Gasteiger partial charge in [0.2, 0.25) is 5.91 Å². The molecule has 1 fully saturated rings. The van der Waals surface area contributed by atoms with Crippen molar-refractivity contribution in [2.24, 2.45) is 10.9 Å². The third-order valence-electron chi connectivity index (χ3n) is 5.25. The number of amidine groups is 1. The van der Waals surface area contributed by atoms with E-state index in [1.165, 1.54) is 6.07 Å². The first-order valence-electron chi connectivity index (χ1n) is 10.6. The van der Waals surface area contributed by atoms with Gasteiger partial charge in [-0.25, -0.2) is 8.42 Å². The fourth-order valence-electron chi connectivity index (χ4n) is 3.51. The number of nitrogens with one attached hydrogen (secondary N) is 3. The van der Waals surface area contributed by atoms with E-state index in [4.69, 9.17) is 0 Å². The number of amides is 2. The van der Waals surface area contributed by atoms with Gasteiger partial charge < -0.3 is 10.6 Å². The van der Waals surface area contributed by atoms with Gasteiger partial charge in [-0.15, -0.1) is 0 Å². The number of aliphatic imine (C=N–C) groups is 1. The molecule has 0 saturated heterocycles. The van der Waals surface area contributed by atoms with Gasteiger partial charge in [-0.3, -0.25) is 19.3 Å². The van der Waals surface area contributed by atoms with Crippen LogP contribution in [0.15, 0.2) is 58.4 Å². The lowest BCUT2D eigenvalue weighted by Crippen LogP contribution is -2.32. The Morgan fingerprint density at radius 2 is 1.88 bits per heavy atom. The highest BCUT2D eigenvalue weighted by Crippen LogP contribution is 2.24. The summed E-state index contributed by atoms with van der Waals surface area (Å²) in [5.41, 5.74) is 1.41. The van der Waals surface area contributed by atoms with Crippen LogP contribution in [0.3, 0.4) is 0 Å². The SMILES string of the molecule is CC(C)C[C@@H](N=C1NS(=O)(=O)c2ccccc21)C(=O)Nc1cccc(C(=O)NC2CC2)c1. The van der Waals surface area contributed by atoms with Crippen LogP contribution < -0.4 is 15.4 Å². The Bertz CT molecular complexity index is 1190. The van der Waals surface area contributed by atoms with Crippen LogP contribution in [-0.2, 0) is 14.8 Å². The van der Waals surface area contributed by atoms with Crippen molar-refractivity contribution >= 4 is 33.4 Å². The molecule has 32 heavy (non-hydrogen) atoms. The first kappa shape index (κ1) is 22.0. The smallest absolute Gasteiger partial charge is 0.263 e. The highest BCUT2D eigenvalue weighted by Gasteiger charge is 2.32. The van der Waals surface area contributed by atoms with Crippen LogP contribution in [0.5, 0.6) is 0 Å². The zero-order valence-corrected chi connectivity index (χ0v) is 18.8. The van der Waals surface area contributed by atoms with E-state index in [1.54, 1.807) is 42.5 Å². The molecular weight excluding hydrogens is 428 g/mol. The van der Waals surface area contributed by atoms with Gasteiger partial charge in [0.05, 0.1) is 4.90 Å². The van der Waals surface area contributed by atoms with E-state index in [-0.39, 0.29) is 34.5 Å². The van der Waals surface area contributed by atoms with Crippen molar-refractivity contribution in [3.8, 4) is 0 Å². The van der Waals surface area contributed by atoms with Gasteiger partial charge in [-0.2, -0.15) is 0 Å². The number of hydrogen-bond acceptors (Lipinski definition) is 5. The molecule has 1 saturated carbocycles. The maximum atomic E-state index is 13.1. The molecule has 2 amide bonds. The number of benzene rings is 2. The van der Waals surface area contributed by atoms with Crippen molar-refractivity contribution in [3.05, 3.63) is 59.7 Å². The second-order valence-electron chi connectivity index (χ2n) is 8.54. The molecule has 2 aromatic rings. The van der Waals surface area contributed by atoms with E-state index in [1.807, 2.05) is 13.8 Å². The lowest BCUT2D eigenvalue weighted by atomic mass is 10.0. The number of fused-ring (bicyclic) bond motifs is 1. The van der Waals surface area contributed by atoms with Gasteiger partial charge in [0, 0.05) is 22.9 Å². The highest BCUT2D eigenvalue weighted by atomic mass is 32.2. The molecule has 2 aliphatic rings. The zero-order chi connectivity index (χ0) is 22.9. The lowest BCUT2D eigenvalue weighted by Gasteiger charge is -2.16. The molecule has 1 aliphatic heterocycles. The number of carbonyl (C=O) groups is 2. The molecule has 168 valence electrons. The van der Waals surface area contributed by atoms with Crippen LogP contribution in [0.2, 0.25) is 0 Å². The van der Waals surface area contributed by atoms with Gasteiger partial charge in [0.15, 0.2) is 0 Å². The summed E-state index contributed by atoms with van der Waals surface area (Å²) in [5, 5.41) is 5.75. The van der Waals surface area contributed by atoms with Gasteiger partial charge in [0.1, 0.15) is 11.9 Å². The summed E-state index contributed by atoms with van der Waals surface area (Å²) in [6, 6.07) is 12.7. The van der Waals surface area contributed by atoms with Crippen molar-refractivity contribution in [3.63, 3.8) is 0 Å². The molecule has 9 heteroatoms. The predicted octanol–water partition coefficient (Wildman–Crippen LogP) is 2.67. The Morgan fingerprint density at radius 3 is 2.59 bits per heavy atom.